The van der Waals surface area contributed by atoms with Crippen molar-refractivity contribution in [3.63, 3.8) is 0 Å². The molecule has 0 amide bonds. The van der Waals surface area contributed by atoms with Gasteiger partial charge in [0, 0.05) is 35.9 Å². The predicted octanol–water partition coefficient (Wildman–Crippen LogP) is 4.40. The maximum absolute atomic E-state index is 12.4. The Bertz CT molecular complexity index is 914. The van der Waals surface area contributed by atoms with E-state index in [-0.39, 0.29) is 5.63 Å². The van der Waals surface area contributed by atoms with Gasteiger partial charge in [-0.1, -0.05) is 6.07 Å². The Morgan fingerprint density at radius 2 is 2.00 bits per heavy atom. The van der Waals surface area contributed by atoms with Gasteiger partial charge in [0.1, 0.15) is 5.58 Å². The van der Waals surface area contributed by atoms with E-state index in [1.165, 1.54) is 5.56 Å². The summed E-state index contributed by atoms with van der Waals surface area (Å²) in [6.07, 6.45) is 1.68. The SMILES string of the molecule is CCN(c1cc2oc(=O)c(-c3ccccn3)cc2cc1C)C(C)C. The quantitative estimate of drug-likeness (QED) is 0.668. The molecular formula is C20H22N2O2. The molecule has 0 aliphatic rings. The van der Waals surface area contributed by atoms with E-state index in [2.05, 4.69) is 43.6 Å². The molecule has 3 aromatic rings. The summed E-state index contributed by atoms with van der Waals surface area (Å²) in [5.41, 5.74) is 3.65. The number of benzene rings is 1. The second-order valence-electron chi connectivity index (χ2n) is 6.22. The van der Waals surface area contributed by atoms with Crippen molar-refractivity contribution in [2.75, 3.05) is 11.4 Å². The number of hydrogen-bond acceptors (Lipinski definition) is 4. The molecule has 0 saturated carbocycles. The largest absolute Gasteiger partial charge is 0.422 e. The summed E-state index contributed by atoms with van der Waals surface area (Å²) < 4.78 is 5.60. The van der Waals surface area contributed by atoms with Gasteiger partial charge in [0.15, 0.2) is 0 Å². The van der Waals surface area contributed by atoms with Crippen molar-refractivity contribution in [1.29, 1.82) is 0 Å². The average molecular weight is 322 g/mol. The molecule has 0 N–H and O–H groups in total. The second kappa shape index (κ2) is 6.48. The Morgan fingerprint density at radius 1 is 1.21 bits per heavy atom. The van der Waals surface area contributed by atoms with Crippen molar-refractivity contribution in [2.45, 2.75) is 33.7 Å². The van der Waals surface area contributed by atoms with Crippen molar-refractivity contribution in [3.05, 3.63) is 58.6 Å². The van der Waals surface area contributed by atoms with E-state index in [9.17, 15) is 4.79 Å². The zero-order chi connectivity index (χ0) is 17.3. The van der Waals surface area contributed by atoms with E-state index >= 15 is 0 Å². The minimum absolute atomic E-state index is 0.358. The lowest BCUT2D eigenvalue weighted by Gasteiger charge is -2.29. The summed E-state index contributed by atoms with van der Waals surface area (Å²) in [6, 6.07) is 11.8. The van der Waals surface area contributed by atoms with Gasteiger partial charge in [-0.05, 0) is 57.5 Å². The number of fused-ring (bicyclic) bond motifs is 1. The Hall–Kier alpha value is -2.62. The fourth-order valence-electron chi connectivity index (χ4n) is 3.09. The first-order valence-electron chi connectivity index (χ1n) is 8.27. The van der Waals surface area contributed by atoms with Crippen molar-refractivity contribution in [3.8, 4) is 11.3 Å². The number of hydrogen-bond donors (Lipinski definition) is 0. The highest BCUT2D eigenvalue weighted by Crippen LogP contribution is 2.29. The molecule has 4 heteroatoms. The van der Waals surface area contributed by atoms with Gasteiger partial charge < -0.3 is 9.32 Å². The highest BCUT2D eigenvalue weighted by atomic mass is 16.4. The van der Waals surface area contributed by atoms with Gasteiger partial charge in [-0.3, -0.25) is 4.98 Å². The van der Waals surface area contributed by atoms with Crippen LogP contribution in [-0.4, -0.2) is 17.6 Å². The van der Waals surface area contributed by atoms with Gasteiger partial charge in [0.25, 0.3) is 0 Å². The number of aromatic nitrogens is 1. The highest BCUT2D eigenvalue weighted by molar-refractivity contribution is 5.85. The van der Waals surface area contributed by atoms with Gasteiger partial charge in [0.05, 0.1) is 11.3 Å². The minimum Gasteiger partial charge on any atom is -0.422 e. The maximum Gasteiger partial charge on any atom is 0.345 e. The standard InChI is InChI=1S/C20H22N2O2/c1-5-22(13(2)3)18-12-19-15(10-14(18)4)11-16(20(23)24-19)17-8-6-7-9-21-17/h6-13H,5H2,1-4H3. The van der Waals surface area contributed by atoms with Crippen LogP contribution in [0.4, 0.5) is 5.69 Å². The molecule has 0 aliphatic heterocycles. The van der Waals surface area contributed by atoms with E-state index < -0.39 is 0 Å². The summed E-state index contributed by atoms with van der Waals surface area (Å²) >= 11 is 0. The molecular weight excluding hydrogens is 300 g/mol. The molecule has 24 heavy (non-hydrogen) atoms. The van der Waals surface area contributed by atoms with Crippen LogP contribution in [0.15, 0.2) is 51.8 Å². The molecule has 0 atom stereocenters. The molecule has 124 valence electrons. The number of anilines is 1. The van der Waals surface area contributed by atoms with E-state index in [0.717, 1.165) is 17.6 Å². The van der Waals surface area contributed by atoms with Crippen LogP contribution in [0.25, 0.3) is 22.2 Å². The normalized spacial score (nSPS) is 11.2. The number of pyridine rings is 1. The third kappa shape index (κ3) is 2.92. The smallest absolute Gasteiger partial charge is 0.345 e. The molecule has 2 aromatic heterocycles. The molecule has 0 fully saturated rings. The van der Waals surface area contributed by atoms with E-state index in [4.69, 9.17) is 4.42 Å². The maximum atomic E-state index is 12.4. The summed E-state index contributed by atoms with van der Waals surface area (Å²) in [5, 5.41) is 0.913. The van der Waals surface area contributed by atoms with Crippen LogP contribution in [0.1, 0.15) is 26.3 Å². The summed E-state index contributed by atoms with van der Waals surface area (Å²) in [7, 11) is 0. The van der Waals surface area contributed by atoms with Crippen LogP contribution in [0, 0.1) is 6.92 Å². The van der Waals surface area contributed by atoms with E-state index in [1.54, 1.807) is 6.20 Å². The monoisotopic (exact) mass is 322 g/mol. The van der Waals surface area contributed by atoms with Crippen LogP contribution >= 0.6 is 0 Å². The molecule has 3 rings (SSSR count). The van der Waals surface area contributed by atoms with Gasteiger partial charge in [-0.25, -0.2) is 4.79 Å². The van der Waals surface area contributed by atoms with Gasteiger partial charge >= 0.3 is 5.63 Å². The molecule has 0 spiro atoms. The number of rotatable bonds is 4. The summed E-state index contributed by atoms with van der Waals surface area (Å²) in [5.74, 6) is 0. The van der Waals surface area contributed by atoms with Gasteiger partial charge in [-0.15, -0.1) is 0 Å². The first-order chi connectivity index (χ1) is 11.5. The Morgan fingerprint density at radius 3 is 2.62 bits per heavy atom. The zero-order valence-corrected chi connectivity index (χ0v) is 14.5. The molecule has 0 unspecified atom stereocenters. The topological polar surface area (TPSA) is 46.3 Å². The lowest BCUT2D eigenvalue weighted by Crippen LogP contribution is -2.30. The average Bonchev–Trinajstić information content (AvgIpc) is 2.56. The van der Waals surface area contributed by atoms with E-state index in [1.807, 2.05) is 30.3 Å². The zero-order valence-electron chi connectivity index (χ0n) is 14.5. The van der Waals surface area contributed by atoms with Crippen LogP contribution < -0.4 is 10.5 Å². The first kappa shape index (κ1) is 16.2. The second-order valence-corrected chi connectivity index (χ2v) is 6.22. The molecule has 0 radical (unpaired) electrons. The number of aryl methyl sites for hydroxylation is 1. The highest BCUT2D eigenvalue weighted by Gasteiger charge is 2.15. The van der Waals surface area contributed by atoms with E-state index in [0.29, 0.717) is 22.9 Å². The molecule has 1 aromatic carbocycles. The van der Waals surface area contributed by atoms with Gasteiger partial charge in [0.2, 0.25) is 0 Å². The van der Waals surface area contributed by atoms with Gasteiger partial charge in [-0.2, -0.15) is 0 Å². The summed E-state index contributed by atoms with van der Waals surface area (Å²) in [4.78, 5) is 18.9. The minimum atomic E-state index is -0.358. The third-order valence-corrected chi connectivity index (χ3v) is 4.27. The van der Waals surface area contributed by atoms with Crippen molar-refractivity contribution in [2.24, 2.45) is 0 Å². The van der Waals surface area contributed by atoms with Crippen LogP contribution in [0.2, 0.25) is 0 Å². The van der Waals surface area contributed by atoms with Crippen molar-refractivity contribution >= 4 is 16.7 Å². The lowest BCUT2D eigenvalue weighted by atomic mass is 10.1. The van der Waals surface area contributed by atoms with Crippen LogP contribution in [0.3, 0.4) is 0 Å². The Kier molecular flexibility index (Phi) is 4.38. The van der Waals surface area contributed by atoms with Crippen LogP contribution in [-0.2, 0) is 0 Å². The third-order valence-electron chi connectivity index (χ3n) is 4.27. The molecule has 0 bridgehead atoms. The Balaban J connectivity index is 2.18. The lowest BCUT2D eigenvalue weighted by molar-refractivity contribution is 0.562. The molecule has 4 nitrogen and oxygen atoms in total. The fraction of sp³-hybridized carbons (Fsp3) is 0.300. The molecule has 0 aliphatic carbocycles. The van der Waals surface area contributed by atoms with Crippen molar-refractivity contribution < 1.29 is 4.42 Å². The fourth-order valence-corrected chi connectivity index (χ4v) is 3.09. The van der Waals surface area contributed by atoms with Crippen molar-refractivity contribution in [1.82, 2.24) is 4.98 Å². The molecule has 0 saturated heterocycles. The molecule has 2 heterocycles. The van der Waals surface area contributed by atoms with Crippen LogP contribution in [0.5, 0.6) is 0 Å². The first-order valence-corrected chi connectivity index (χ1v) is 8.27. The predicted molar refractivity (Wildman–Crippen MR) is 98.6 cm³/mol. The number of nitrogens with zero attached hydrogens (tertiary/aromatic N) is 2. The summed E-state index contributed by atoms with van der Waals surface area (Å²) in [6.45, 7) is 9.44. The Labute approximate surface area is 141 Å².